The van der Waals surface area contributed by atoms with Crippen molar-refractivity contribution in [2.75, 3.05) is 26.7 Å². The van der Waals surface area contributed by atoms with Crippen LogP contribution < -0.4 is 5.32 Å². The molecular weight excluding hydrogens is 160 g/mol. The van der Waals surface area contributed by atoms with Crippen molar-refractivity contribution in [1.82, 2.24) is 10.2 Å². The number of carbonyl (C=O) groups is 1. The fourth-order valence-corrected chi connectivity index (χ4v) is 0.548. The molecule has 2 amide bonds. The van der Waals surface area contributed by atoms with Crippen molar-refractivity contribution < 1.29 is 15.0 Å². The monoisotopic (exact) mass is 176 g/mol. The number of nitrogens with one attached hydrogen (secondary N) is 1. The van der Waals surface area contributed by atoms with Gasteiger partial charge in [0.15, 0.2) is 0 Å². The minimum absolute atomic E-state index is 0.0830. The first-order valence-corrected chi connectivity index (χ1v) is 3.89. The Balaban J connectivity index is 3.56. The van der Waals surface area contributed by atoms with Gasteiger partial charge >= 0.3 is 6.03 Å². The van der Waals surface area contributed by atoms with Gasteiger partial charge in [0.1, 0.15) is 0 Å². The van der Waals surface area contributed by atoms with Crippen LogP contribution in [0.1, 0.15) is 6.92 Å². The maximum absolute atomic E-state index is 11.0. The van der Waals surface area contributed by atoms with Gasteiger partial charge in [0, 0.05) is 20.1 Å². The lowest BCUT2D eigenvalue weighted by molar-refractivity contribution is 0.0945. The third-order valence-electron chi connectivity index (χ3n) is 1.52. The number of rotatable bonds is 4. The molecule has 12 heavy (non-hydrogen) atoms. The van der Waals surface area contributed by atoms with E-state index in [1.807, 2.05) is 6.92 Å². The van der Waals surface area contributed by atoms with E-state index in [2.05, 4.69) is 5.32 Å². The van der Waals surface area contributed by atoms with Gasteiger partial charge < -0.3 is 20.4 Å². The zero-order valence-electron chi connectivity index (χ0n) is 7.45. The van der Waals surface area contributed by atoms with Crippen molar-refractivity contribution >= 4 is 6.03 Å². The van der Waals surface area contributed by atoms with Crippen LogP contribution in [-0.2, 0) is 0 Å². The lowest BCUT2D eigenvalue weighted by Crippen LogP contribution is -2.41. The molecule has 0 heterocycles. The summed E-state index contributed by atoms with van der Waals surface area (Å²) in [7, 11) is 1.65. The Bertz CT molecular complexity index is 141. The number of hydrogen-bond acceptors (Lipinski definition) is 3. The summed E-state index contributed by atoms with van der Waals surface area (Å²) in [6.07, 6.45) is -0.876. The summed E-state index contributed by atoms with van der Waals surface area (Å²) in [6.45, 7) is 2.21. The molecule has 0 rings (SSSR count). The lowest BCUT2D eigenvalue weighted by atomic mass is 10.4. The summed E-state index contributed by atoms with van der Waals surface area (Å²) in [4.78, 5) is 12.5. The van der Waals surface area contributed by atoms with Gasteiger partial charge in [0.25, 0.3) is 0 Å². The van der Waals surface area contributed by atoms with E-state index in [9.17, 15) is 4.79 Å². The first-order chi connectivity index (χ1) is 5.61. The van der Waals surface area contributed by atoms with E-state index >= 15 is 0 Å². The average molecular weight is 176 g/mol. The normalized spacial score (nSPS) is 12.3. The van der Waals surface area contributed by atoms with Crippen molar-refractivity contribution in [3.05, 3.63) is 0 Å². The van der Waals surface area contributed by atoms with Crippen LogP contribution in [0.4, 0.5) is 4.79 Å². The van der Waals surface area contributed by atoms with Gasteiger partial charge in [-0.3, -0.25) is 0 Å². The van der Waals surface area contributed by atoms with E-state index in [-0.39, 0.29) is 19.2 Å². The molecular formula is C7H16N2O3. The first-order valence-electron chi connectivity index (χ1n) is 3.89. The zero-order chi connectivity index (χ0) is 9.56. The molecule has 0 saturated carbocycles. The fourth-order valence-electron chi connectivity index (χ4n) is 0.548. The topological polar surface area (TPSA) is 72.8 Å². The number of nitrogens with zero attached hydrogens (tertiary/aromatic N) is 1. The minimum Gasteiger partial charge on any atom is -0.394 e. The SMILES string of the molecule is CCN(C)C(=O)NCC(O)CO. The van der Waals surface area contributed by atoms with E-state index in [1.165, 1.54) is 4.90 Å². The predicted octanol–water partition coefficient (Wildman–Crippen LogP) is -0.999. The number of urea groups is 1. The predicted molar refractivity (Wildman–Crippen MR) is 44.8 cm³/mol. The molecule has 0 aromatic carbocycles. The minimum atomic E-state index is -0.876. The Morgan fingerprint density at radius 3 is 2.67 bits per heavy atom. The van der Waals surface area contributed by atoms with E-state index in [1.54, 1.807) is 7.05 Å². The van der Waals surface area contributed by atoms with Gasteiger partial charge in [-0.2, -0.15) is 0 Å². The van der Waals surface area contributed by atoms with Crippen LogP contribution in [0.5, 0.6) is 0 Å². The highest BCUT2D eigenvalue weighted by atomic mass is 16.3. The second kappa shape index (κ2) is 5.79. The van der Waals surface area contributed by atoms with E-state index in [0.29, 0.717) is 6.54 Å². The zero-order valence-corrected chi connectivity index (χ0v) is 7.45. The first kappa shape index (κ1) is 11.2. The lowest BCUT2D eigenvalue weighted by Gasteiger charge is -2.16. The van der Waals surface area contributed by atoms with Gasteiger partial charge in [-0.15, -0.1) is 0 Å². The maximum atomic E-state index is 11.0. The van der Waals surface area contributed by atoms with Gasteiger partial charge in [-0.25, -0.2) is 4.79 Å². The smallest absolute Gasteiger partial charge is 0.317 e. The molecule has 0 radical (unpaired) electrons. The highest BCUT2D eigenvalue weighted by molar-refractivity contribution is 5.73. The summed E-state index contributed by atoms with van der Waals surface area (Å²) in [5, 5.41) is 19.8. The highest BCUT2D eigenvalue weighted by Crippen LogP contribution is 1.83. The Morgan fingerprint density at radius 1 is 1.67 bits per heavy atom. The molecule has 0 aromatic rings. The summed E-state index contributed by atoms with van der Waals surface area (Å²) in [5.41, 5.74) is 0. The van der Waals surface area contributed by atoms with Crippen molar-refractivity contribution in [2.45, 2.75) is 13.0 Å². The quantitative estimate of drug-likeness (QED) is 0.514. The van der Waals surface area contributed by atoms with Gasteiger partial charge in [-0.05, 0) is 6.92 Å². The van der Waals surface area contributed by atoms with Crippen LogP contribution >= 0.6 is 0 Å². The summed E-state index contributed by atoms with van der Waals surface area (Å²) in [5.74, 6) is 0. The summed E-state index contributed by atoms with van der Waals surface area (Å²) < 4.78 is 0. The Kier molecular flexibility index (Phi) is 5.40. The second-order valence-corrected chi connectivity index (χ2v) is 2.54. The molecule has 0 fully saturated rings. The molecule has 0 aromatic heterocycles. The summed E-state index contributed by atoms with van der Waals surface area (Å²) in [6, 6.07) is -0.245. The maximum Gasteiger partial charge on any atom is 0.317 e. The van der Waals surface area contributed by atoms with E-state index in [4.69, 9.17) is 10.2 Å². The second-order valence-electron chi connectivity index (χ2n) is 2.54. The molecule has 0 aliphatic rings. The molecule has 1 atom stereocenters. The fraction of sp³-hybridized carbons (Fsp3) is 0.857. The van der Waals surface area contributed by atoms with Crippen LogP contribution in [0.25, 0.3) is 0 Å². The van der Waals surface area contributed by atoms with Crippen LogP contribution in [0.2, 0.25) is 0 Å². The molecule has 1 unspecified atom stereocenters. The Labute approximate surface area is 72.0 Å². The van der Waals surface area contributed by atoms with E-state index in [0.717, 1.165) is 0 Å². The van der Waals surface area contributed by atoms with Crippen molar-refractivity contribution in [2.24, 2.45) is 0 Å². The third-order valence-corrected chi connectivity index (χ3v) is 1.52. The van der Waals surface area contributed by atoms with Crippen molar-refractivity contribution in [3.8, 4) is 0 Å². The van der Waals surface area contributed by atoms with Gasteiger partial charge in [0.05, 0.1) is 12.7 Å². The molecule has 5 nitrogen and oxygen atoms in total. The standard InChI is InChI=1S/C7H16N2O3/c1-3-9(2)7(12)8-4-6(11)5-10/h6,10-11H,3-5H2,1-2H3,(H,8,12). The average Bonchev–Trinajstić information content (AvgIpc) is 2.11. The van der Waals surface area contributed by atoms with Crippen LogP contribution in [0.3, 0.4) is 0 Å². The van der Waals surface area contributed by atoms with Crippen molar-refractivity contribution in [3.63, 3.8) is 0 Å². The largest absolute Gasteiger partial charge is 0.394 e. The molecule has 0 spiro atoms. The number of amides is 2. The van der Waals surface area contributed by atoms with Crippen LogP contribution in [0, 0.1) is 0 Å². The van der Waals surface area contributed by atoms with Crippen molar-refractivity contribution in [1.29, 1.82) is 0 Å². The molecule has 72 valence electrons. The van der Waals surface area contributed by atoms with Crippen LogP contribution in [0.15, 0.2) is 0 Å². The Hall–Kier alpha value is -0.810. The Morgan fingerprint density at radius 2 is 2.25 bits per heavy atom. The number of aliphatic hydroxyl groups is 2. The summed E-state index contributed by atoms with van der Waals surface area (Å²) >= 11 is 0. The molecule has 0 bridgehead atoms. The number of carbonyl (C=O) groups excluding carboxylic acids is 1. The molecule has 5 heteroatoms. The van der Waals surface area contributed by atoms with Gasteiger partial charge in [0.2, 0.25) is 0 Å². The number of aliphatic hydroxyl groups excluding tert-OH is 2. The molecule has 0 aliphatic heterocycles. The van der Waals surface area contributed by atoms with Gasteiger partial charge in [-0.1, -0.05) is 0 Å². The number of hydrogen-bond donors (Lipinski definition) is 3. The molecule has 0 aliphatic carbocycles. The molecule has 3 N–H and O–H groups in total. The third kappa shape index (κ3) is 4.15. The van der Waals surface area contributed by atoms with Crippen LogP contribution in [-0.4, -0.2) is 54.0 Å². The van der Waals surface area contributed by atoms with E-state index < -0.39 is 6.10 Å². The molecule has 0 saturated heterocycles. The highest BCUT2D eigenvalue weighted by Gasteiger charge is 2.07.